The highest BCUT2D eigenvalue weighted by Gasteiger charge is 2.08. The molecule has 0 aliphatic carbocycles. The van der Waals surface area contributed by atoms with Crippen molar-refractivity contribution in [3.05, 3.63) is 12.2 Å². The lowest BCUT2D eigenvalue weighted by Gasteiger charge is -2.16. The van der Waals surface area contributed by atoms with E-state index in [1.807, 2.05) is 0 Å². The van der Waals surface area contributed by atoms with E-state index in [9.17, 15) is 0 Å². The Kier molecular flexibility index (Phi) is 4.48. The lowest BCUT2D eigenvalue weighted by molar-refractivity contribution is 0.459. The Morgan fingerprint density at radius 1 is 1.27 bits per heavy atom. The van der Waals surface area contributed by atoms with E-state index in [-0.39, 0.29) is 0 Å². The summed E-state index contributed by atoms with van der Waals surface area (Å²) in [7, 11) is 0. The molecule has 0 saturated carbocycles. The van der Waals surface area contributed by atoms with Crippen LogP contribution in [0.2, 0.25) is 0 Å². The average Bonchev–Trinajstić information content (AvgIpc) is 1.87. The van der Waals surface area contributed by atoms with Crippen LogP contribution >= 0.6 is 0 Å². The molecule has 0 aliphatic heterocycles. The second kappa shape index (κ2) is 4.58. The summed E-state index contributed by atoms with van der Waals surface area (Å²) in [5, 5.41) is 0. The van der Waals surface area contributed by atoms with Gasteiger partial charge in [-0.3, -0.25) is 0 Å². The lowest BCUT2D eigenvalue weighted by atomic mass is 9.89. The van der Waals surface area contributed by atoms with Gasteiger partial charge >= 0.3 is 0 Å². The molecule has 0 aromatic heterocycles. The van der Waals surface area contributed by atoms with Crippen molar-refractivity contribution in [3.63, 3.8) is 0 Å². The van der Waals surface area contributed by atoms with Crippen LogP contribution in [0.25, 0.3) is 0 Å². The Labute approximate surface area is 71.7 Å². The van der Waals surface area contributed by atoms with Crippen LogP contribution < -0.4 is 0 Å². The minimum Gasteiger partial charge on any atom is -0.0877 e. The molecule has 0 radical (unpaired) electrons. The molecule has 66 valence electrons. The fraction of sp³-hybridized carbons (Fsp3) is 0.818. The third-order valence-electron chi connectivity index (χ3n) is 2.09. The molecule has 0 aromatic carbocycles. The zero-order valence-electron chi connectivity index (χ0n) is 8.65. The quantitative estimate of drug-likeness (QED) is 0.536. The second-order valence-corrected chi connectivity index (χ2v) is 4.37. The van der Waals surface area contributed by atoms with Gasteiger partial charge in [-0.15, -0.1) is 0 Å². The van der Waals surface area contributed by atoms with E-state index in [0.717, 1.165) is 5.92 Å². The van der Waals surface area contributed by atoms with E-state index in [1.165, 1.54) is 12.8 Å². The summed E-state index contributed by atoms with van der Waals surface area (Å²) in [4.78, 5) is 0. The standard InChI is InChI=1S/C11H22/c1-6-11(4,5)9-7-8-10(2)3/h7,9-10H,6,8H2,1-5H3. The van der Waals surface area contributed by atoms with Crippen molar-refractivity contribution in [3.8, 4) is 0 Å². The van der Waals surface area contributed by atoms with Crippen LogP contribution in [0.3, 0.4) is 0 Å². The Balaban J connectivity index is 3.73. The van der Waals surface area contributed by atoms with Gasteiger partial charge in [-0.2, -0.15) is 0 Å². The van der Waals surface area contributed by atoms with E-state index in [2.05, 4.69) is 46.8 Å². The molecule has 0 amide bonds. The minimum absolute atomic E-state index is 0.398. The summed E-state index contributed by atoms with van der Waals surface area (Å²) in [5.41, 5.74) is 0.398. The van der Waals surface area contributed by atoms with Gasteiger partial charge in [0, 0.05) is 0 Å². The van der Waals surface area contributed by atoms with Gasteiger partial charge in [-0.25, -0.2) is 0 Å². The van der Waals surface area contributed by atoms with Crippen molar-refractivity contribution in [2.45, 2.75) is 47.5 Å². The Morgan fingerprint density at radius 3 is 2.18 bits per heavy atom. The molecule has 0 aromatic rings. The lowest BCUT2D eigenvalue weighted by Crippen LogP contribution is -2.04. The minimum atomic E-state index is 0.398. The molecule has 0 spiro atoms. The summed E-state index contributed by atoms with van der Waals surface area (Å²) in [5.74, 6) is 0.791. The van der Waals surface area contributed by atoms with Crippen LogP contribution in [0, 0.1) is 11.3 Å². The van der Waals surface area contributed by atoms with Gasteiger partial charge in [0.25, 0.3) is 0 Å². The van der Waals surface area contributed by atoms with E-state index < -0.39 is 0 Å². The Morgan fingerprint density at radius 2 is 1.82 bits per heavy atom. The smallest absolute Gasteiger partial charge is 0.0177 e. The monoisotopic (exact) mass is 154 g/mol. The number of rotatable bonds is 4. The maximum absolute atomic E-state index is 2.34. The summed E-state index contributed by atoms with van der Waals surface area (Å²) < 4.78 is 0. The molecule has 0 bridgehead atoms. The first-order chi connectivity index (χ1) is 4.98. The van der Waals surface area contributed by atoms with Gasteiger partial charge in [0.15, 0.2) is 0 Å². The molecule has 0 heteroatoms. The third-order valence-corrected chi connectivity index (χ3v) is 2.09. The van der Waals surface area contributed by atoms with E-state index in [4.69, 9.17) is 0 Å². The molecule has 0 N–H and O–H groups in total. The van der Waals surface area contributed by atoms with Crippen molar-refractivity contribution in [1.82, 2.24) is 0 Å². The SMILES string of the molecule is CCC(C)(C)C=CCC(C)C. The normalized spacial score (nSPS) is 13.3. The van der Waals surface area contributed by atoms with Crippen LogP contribution in [-0.4, -0.2) is 0 Å². The highest BCUT2D eigenvalue weighted by Crippen LogP contribution is 2.21. The highest BCUT2D eigenvalue weighted by atomic mass is 14.1. The topological polar surface area (TPSA) is 0 Å². The summed E-state index contributed by atoms with van der Waals surface area (Å²) in [6.45, 7) is 11.3. The van der Waals surface area contributed by atoms with Crippen LogP contribution in [0.5, 0.6) is 0 Å². The van der Waals surface area contributed by atoms with Crippen molar-refractivity contribution in [1.29, 1.82) is 0 Å². The Bertz CT molecular complexity index is 118. The van der Waals surface area contributed by atoms with Crippen molar-refractivity contribution in [2.24, 2.45) is 11.3 Å². The maximum atomic E-state index is 2.34. The summed E-state index contributed by atoms with van der Waals surface area (Å²) in [6, 6.07) is 0. The third kappa shape index (κ3) is 6.15. The van der Waals surface area contributed by atoms with Gasteiger partial charge < -0.3 is 0 Å². The highest BCUT2D eigenvalue weighted by molar-refractivity contribution is 4.94. The molecule has 0 heterocycles. The largest absolute Gasteiger partial charge is 0.0877 e. The first-order valence-electron chi connectivity index (χ1n) is 4.65. The molecule has 0 rings (SSSR count). The van der Waals surface area contributed by atoms with Crippen LogP contribution in [0.4, 0.5) is 0 Å². The molecular weight excluding hydrogens is 132 g/mol. The van der Waals surface area contributed by atoms with Gasteiger partial charge in [-0.1, -0.05) is 46.8 Å². The van der Waals surface area contributed by atoms with Gasteiger partial charge in [0.1, 0.15) is 0 Å². The van der Waals surface area contributed by atoms with Crippen molar-refractivity contribution >= 4 is 0 Å². The van der Waals surface area contributed by atoms with Crippen molar-refractivity contribution in [2.75, 3.05) is 0 Å². The molecule has 0 saturated heterocycles. The van der Waals surface area contributed by atoms with E-state index in [0.29, 0.717) is 5.41 Å². The maximum Gasteiger partial charge on any atom is -0.0177 e. The first kappa shape index (κ1) is 10.7. The zero-order valence-corrected chi connectivity index (χ0v) is 8.65. The molecule has 11 heavy (non-hydrogen) atoms. The van der Waals surface area contributed by atoms with Crippen LogP contribution in [0.1, 0.15) is 47.5 Å². The van der Waals surface area contributed by atoms with Gasteiger partial charge in [-0.05, 0) is 24.2 Å². The molecule has 0 aliphatic rings. The average molecular weight is 154 g/mol. The van der Waals surface area contributed by atoms with Crippen molar-refractivity contribution < 1.29 is 0 Å². The predicted molar refractivity (Wildman–Crippen MR) is 52.7 cm³/mol. The molecule has 0 unspecified atom stereocenters. The number of hydrogen-bond acceptors (Lipinski definition) is 0. The number of allylic oxidation sites excluding steroid dienone is 2. The van der Waals surface area contributed by atoms with Gasteiger partial charge in [0.05, 0.1) is 0 Å². The fourth-order valence-electron chi connectivity index (χ4n) is 0.777. The Hall–Kier alpha value is -0.260. The predicted octanol–water partition coefficient (Wildman–Crippen LogP) is 4.02. The van der Waals surface area contributed by atoms with Gasteiger partial charge in [0.2, 0.25) is 0 Å². The zero-order chi connectivity index (χ0) is 8.91. The molecule has 0 atom stereocenters. The molecule has 0 nitrogen and oxygen atoms in total. The molecular formula is C11H22. The van der Waals surface area contributed by atoms with Crippen LogP contribution in [0.15, 0.2) is 12.2 Å². The first-order valence-corrected chi connectivity index (χ1v) is 4.65. The van der Waals surface area contributed by atoms with E-state index >= 15 is 0 Å². The molecule has 0 fully saturated rings. The number of hydrogen-bond donors (Lipinski definition) is 0. The van der Waals surface area contributed by atoms with Crippen LogP contribution in [-0.2, 0) is 0 Å². The summed E-state index contributed by atoms with van der Waals surface area (Å²) >= 11 is 0. The van der Waals surface area contributed by atoms with E-state index in [1.54, 1.807) is 0 Å². The summed E-state index contributed by atoms with van der Waals surface area (Å²) in [6.07, 6.45) is 7.09. The second-order valence-electron chi connectivity index (χ2n) is 4.37. The fourth-order valence-corrected chi connectivity index (χ4v) is 0.777.